The number of ether oxygens (including phenoxy) is 1. The molecular weight excluding hydrogens is 330 g/mol. The van der Waals surface area contributed by atoms with Gasteiger partial charge in [0.25, 0.3) is 0 Å². The molecule has 0 bridgehead atoms. The van der Waals surface area contributed by atoms with Gasteiger partial charge in [-0.2, -0.15) is 10.1 Å². The molecule has 7 nitrogen and oxygen atoms in total. The summed E-state index contributed by atoms with van der Waals surface area (Å²) < 4.78 is 10.9. The lowest BCUT2D eigenvalue weighted by atomic mass is 9.97. The minimum absolute atomic E-state index is 0.197. The van der Waals surface area contributed by atoms with Crippen molar-refractivity contribution in [1.82, 2.24) is 25.2 Å². The van der Waals surface area contributed by atoms with Crippen LogP contribution < -0.4 is 0 Å². The van der Waals surface area contributed by atoms with Crippen LogP contribution in [0.2, 0.25) is 0 Å². The molecule has 1 N–H and O–H groups in total. The number of benzene rings is 1. The van der Waals surface area contributed by atoms with E-state index in [4.69, 9.17) is 9.26 Å². The minimum atomic E-state index is 0.197. The molecule has 2 atom stereocenters. The van der Waals surface area contributed by atoms with Crippen LogP contribution in [0.5, 0.6) is 0 Å². The largest absolute Gasteiger partial charge is 0.384 e. The van der Waals surface area contributed by atoms with Crippen molar-refractivity contribution < 1.29 is 9.26 Å². The second kappa shape index (κ2) is 7.39. The molecule has 1 aliphatic heterocycles. The maximum atomic E-state index is 5.44. The van der Waals surface area contributed by atoms with E-state index in [0.717, 1.165) is 30.9 Å². The fourth-order valence-electron chi connectivity index (χ4n) is 3.74. The van der Waals surface area contributed by atoms with E-state index in [0.29, 0.717) is 24.2 Å². The van der Waals surface area contributed by atoms with Crippen LogP contribution >= 0.6 is 0 Å². The second-order valence-corrected chi connectivity index (χ2v) is 6.83. The first kappa shape index (κ1) is 16.9. The van der Waals surface area contributed by atoms with Gasteiger partial charge in [-0.05, 0) is 12.5 Å². The topological polar surface area (TPSA) is 80.1 Å². The van der Waals surface area contributed by atoms with Crippen molar-refractivity contribution in [3.63, 3.8) is 0 Å². The van der Waals surface area contributed by atoms with E-state index in [1.165, 1.54) is 5.56 Å². The molecule has 1 aromatic carbocycles. The number of hydrogen-bond donors (Lipinski definition) is 1. The Morgan fingerprint density at radius 1 is 1.27 bits per heavy atom. The van der Waals surface area contributed by atoms with Gasteiger partial charge >= 0.3 is 0 Å². The number of aromatic nitrogens is 4. The first-order valence-corrected chi connectivity index (χ1v) is 8.83. The highest BCUT2D eigenvalue weighted by atomic mass is 16.5. The molecule has 26 heavy (non-hydrogen) atoms. The standard InChI is InChI=1S/C19H23N5O2/c1-13-21-19(26-23-13)17-11-24(10-16(17)12-25-2)9-15-8-20-22-18(15)14-6-4-3-5-7-14/h3-8,16-17H,9-12H2,1-2H3,(H,20,22). The Kier molecular flexibility index (Phi) is 4.81. The molecule has 1 aliphatic rings. The number of hydrogen-bond acceptors (Lipinski definition) is 6. The van der Waals surface area contributed by atoms with Gasteiger partial charge in [0.05, 0.1) is 24.4 Å². The monoisotopic (exact) mass is 353 g/mol. The highest BCUT2D eigenvalue weighted by Gasteiger charge is 2.37. The van der Waals surface area contributed by atoms with Gasteiger partial charge in [0, 0.05) is 38.2 Å². The lowest BCUT2D eigenvalue weighted by Gasteiger charge is -2.15. The Balaban J connectivity index is 1.52. The van der Waals surface area contributed by atoms with Gasteiger partial charge in [0.1, 0.15) is 0 Å². The van der Waals surface area contributed by atoms with Crippen LogP contribution in [0.15, 0.2) is 41.1 Å². The van der Waals surface area contributed by atoms with Gasteiger partial charge in [-0.25, -0.2) is 0 Å². The summed E-state index contributed by atoms with van der Waals surface area (Å²) >= 11 is 0. The summed E-state index contributed by atoms with van der Waals surface area (Å²) in [5.74, 6) is 1.92. The van der Waals surface area contributed by atoms with Gasteiger partial charge in [-0.1, -0.05) is 35.5 Å². The van der Waals surface area contributed by atoms with Crippen LogP contribution in [-0.4, -0.2) is 52.0 Å². The summed E-state index contributed by atoms with van der Waals surface area (Å²) in [5.41, 5.74) is 3.41. The molecule has 0 radical (unpaired) electrons. The predicted octanol–water partition coefficient (Wildman–Crippen LogP) is 2.63. The Hall–Kier alpha value is -2.51. The van der Waals surface area contributed by atoms with E-state index in [-0.39, 0.29) is 5.92 Å². The van der Waals surface area contributed by atoms with Gasteiger partial charge in [-0.15, -0.1) is 0 Å². The quantitative estimate of drug-likeness (QED) is 0.734. The zero-order valence-electron chi connectivity index (χ0n) is 15.1. The van der Waals surface area contributed by atoms with Crippen LogP contribution in [-0.2, 0) is 11.3 Å². The van der Waals surface area contributed by atoms with Gasteiger partial charge in [0.2, 0.25) is 5.89 Å². The SMILES string of the molecule is COCC1CN(Cc2cn[nH]c2-c2ccccc2)CC1c1nc(C)no1. The van der Waals surface area contributed by atoms with E-state index in [1.54, 1.807) is 7.11 Å². The zero-order chi connectivity index (χ0) is 17.9. The lowest BCUT2D eigenvalue weighted by molar-refractivity contribution is 0.142. The summed E-state index contributed by atoms with van der Waals surface area (Å²) in [6, 6.07) is 10.3. The van der Waals surface area contributed by atoms with Crippen molar-refractivity contribution >= 4 is 0 Å². The molecule has 7 heteroatoms. The van der Waals surface area contributed by atoms with Crippen molar-refractivity contribution in [2.75, 3.05) is 26.8 Å². The molecule has 3 aromatic rings. The number of nitrogens with one attached hydrogen (secondary N) is 1. The van der Waals surface area contributed by atoms with Crippen LogP contribution in [0.4, 0.5) is 0 Å². The minimum Gasteiger partial charge on any atom is -0.384 e. The summed E-state index contributed by atoms with van der Waals surface area (Å²) in [7, 11) is 1.74. The predicted molar refractivity (Wildman–Crippen MR) is 96.4 cm³/mol. The van der Waals surface area contributed by atoms with Crippen molar-refractivity contribution in [1.29, 1.82) is 0 Å². The number of aryl methyl sites for hydroxylation is 1. The molecule has 4 rings (SSSR count). The van der Waals surface area contributed by atoms with Crippen LogP contribution in [0.3, 0.4) is 0 Å². The second-order valence-electron chi connectivity index (χ2n) is 6.83. The van der Waals surface area contributed by atoms with Gasteiger partial charge in [0.15, 0.2) is 5.82 Å². The van der Waals surface area contributed by atoms with Crippen LogP contribution in [0.25, 0.3) is 11.3 Å². The molecule has 1 fully saturated rings. The van der Waals surface area contributed by atoms with Crippen molar-refractivity contribution in [2.24, 2.45) is 5.92 Å². The Bertz CT molecular complexity index is 845. The lowest BCUT2D eigenvalue weighted by Crippen LogP contribution is -2.21. The molecule has 0 amide bonds. The number of likely N-dealkylation sites (tertiary alicyclic amines) is 1. The average Bonchev–Trinajstić information content (AvgIpc) is 3.37. The third kappa shape index (κ3) is 3.40. The summed E-state index contributed by atoms with van der Waals surface area (Å²) in [5, 5.41) is 11.3. The molecule has 136 valence electrons. The molecule has 2 unspecified atom stereocenters. The number of methoxy groups -OCH3 is 1. The molecule has 0 aliphatic carbocycles. The summed E-state index contributed by atoms with van der Waals surface area (Å²) in [6.45, 7) is 5.15. The first-order valence-electron chi connectivity index (χ1n) is 8.83. The number of nitrogens with zero attached hydrogens (tertiary/aromatic N) is 4. The van der Waals surface area contributed by atoms with Crippen molar-refractivity contribution in [2.45, 2.75) is 19.4 Å². The van der Waals surface area contributed by atoms with Crippen molar-refractivity contribution in [3.05, 3.63) is 53.8 Å². The van der Waals surface area contributed by atoms with E-state index < -0.39 is 0 Å². The Labute approximate surface area is 152 Å². The molecule has 0 saturated carbocycles. The van der Waals surface area contributed by atoms with Crippen molar-refractivity contribution in [3.8, 4) is 11.3 Å². The van der Waals surface area contributed by atoms with E-state index >= 15 is 0 Å². The third-order valence-electron chi connectivity index (χ3n) is 4.93. The van der Waals surface area contributed by atoms with E-state index in [1.807, 2.05) is 31.3 Å². The van der Waals surface area contributed by atoms with Crippen LogP contribution in [0, 0.1) is 12.8 Å². The van der Waals surface area contributed by atoms with Gasteiger partial charge < -0.3 is 9.26 Å². The van der Waals surface area contributed by atoms with Crippen LogP contribution in [0.1, 0.15) is 23.2 Å². The maximum absolute atomic E-state index is 5.44. The number of H-pyrrole nitrogens is 1. The van der Waals surface area contributed by atoms with E-state index in [9.17, 15) is 0 Å². The Morgan fingerprint density at radius 3 is 2.85 bits per heavy atom. The number of rotatable bonds is 6. The average molecular weight is 353 g/mol. The molecule has 0 spiro atoms. The molecule has 2 aromatic heterocycles. The van der Waals surface area contributed by atoms with Gasteiger partial charge in [-0.3, -0.25) is 10.00 Å². The smallest absolute Gasteiger partial charge is 0.231 e. The highest BCUT2D eigenvalue weighted by molar-refractivity contribution is 5.62. The summed E-state index contributed by atoms with van der Waals surface area (Å²) in [6.07, 6.45) is 1.91. The fourth-order valence-corrected chi connectivity index (χ4v) is 3.74. The maximum Gasteiger partial charge on any atom is 0.231 e. The number of aromatic amines is 1. The first-order chi connectivity index (χ1) is 12.7. The third-order valence-corrected chi connectivity index (χ3v) is 4.93. The molecule has 1 saturated heterocycles. The Morgan fingerprint density at radius 2 is 2.12 bits per heavy atom. The summed E-state index contributed by atoms with van der Waals surface area (Å²) in [4.78, 5) is 6.85. The zero-order valence-corrected chi connectivity index (χ0v) is 15.1. The molecular formula is C19H23N5O2. The normalized spacial score (nSPS) is 20.7. The molecule has 3 heterocycles. The highest BCUT2D eigenvalue weighted by Crippen LogP contribution is 2.33. The van der Waals surface area contributed by atoms with E-state index in [2.05, 4.69) is 37.4 Å². The fraction of sp³-hybridized carbons (Fsp3) is 0.421.